The van der Waals surface area contributed by atoms with Crippen molar-refractivity contribution in [2.75, 3.05) is 0 Å². The molecule has 0 aromatic carbocycles. The van der Waals surface area contributed by atoms with E-state index in [1.165, 1.54) is 11.1 Å². The molecule has 1 N–H and O–H groups in total. The molecule has 1 aliphatic rings. The molecule has 21 heavy (non-hydrogen) atoms. The van der Waals surface area contributed by atoms with E-state index in [0.717, 1.165) is 19.3 Å². The fourth-order valence-electron chi connectivity index (χ4n) is 3.01. The predicted molar refractivity (Wildman–Crippen MR) is 79.0 cm³/mol. The fraction of sp³-hybridized carbons (Fsp3) is 0.533. The van der Waals surface area contributed by atoms with E-state index in [9.17, 15) is 9.59 Å². The largest absolute Gasteiger partial charge is 0.351 e. The summed E-state index contributed by atoms with van der Waals surface area (Å²) in [6.45, 7) is 2.14. The minimum Gasteiger partial charge on any atom is -0.351 e. The predicted octanol–water partition coefficient (Wildman–Crippen LogP) is 1.19. The van der Waals surface area contributed by atoms with Gasteiger partial charge in [0.15, 0.2) is 0 Å². The van der Waals surface area contributed by atoms with E-state index in [1.54, 1.807) is 29.1 Å². The van der Waals surface area contributed by atoms with E-state index in [-0.39, 0.29) is 24.1 Å². The third-order valence-corrected chi connectivity index (χ3v) is 4.30. The van der Waals surface area contributed by atoms with E-state index in [2.05, 4.69) is 17.3 Å². The molecule has 1 aliphatic carbocycles. The van der Waals surface area contributed by atoms with Crippen LogP contribution in [0.5, 0.6) is 0 Å². The van der Waals surface area contributed by atoms with Gasteiger partial charge in [0.25, 0.3) is 5.56 Å². The van der Waals surface area contributed by atoms with Gasteiger partial charge in [0.1, 0.15) is 18.4 Å². The summed E-state index contributed by atoms with van der Waals surface area (Å²) in [6.07, 6.45) is 7.88. The van der Waals surface area contributed by atoms with Crippen LogP contribution in [0, 0.1) is 5.92 Å². The number of hydrogen-bond acceptors (Lipinski definition) is 3. The Morgan fingerprint density at radius 3 is 3.05 bits per heavy atom. The van der Waals surface area contributed by atoms with E-state index in [4.69, 9.17) is 0 Å². The van der Waals surface area contributed by atoms with Crippen LogP contribution in [0.2, 0.25) is 0 Å². The summed E-state index contributed by atoms with van der Waals surface area (Å²) in [6, 6.07) is 3.73. The minimum atomic E-state index is -0.241. The highest BCUT2D eigenvalue weighted by atomic mass is 16.2. The maximum Gasteiger partial charge on any atom is 0.291 e. The second-order valence-corrected chi connectivity index (χ2v) is 5.83. The highest BCUT2D eigenvalue weighted by Gasteiger charge is 2.23. The zero-order chi connectivity index (χ0) is 14.8. The summed E-state index contributed by atoms with van der Waals surface area (Å²) in [7, 11) is 0. The van der Waals surface area contributed by atoms with Crippen molar-refractivity contribution in [3.05, 3.63) is 35.0 Å². The van der Waals surface area contributed by atoms with Crippen LogP contribution in [0.3, 0.4) is 0 Å². The van der Waals surface area contributed by atoms with Gasteiger partial charge in [0.05, 0.1) is 0 Å². The van der Waals surface area contributed by atoms with Crippen molar-refractivity contribution in [1.82, 2.24) is 19.5 Å². The van der Waals surface area contributed by atoms with Gasteiger partial charge in [-0.1, -0.05) is 19.8 Å². The van der Waals surface area contributed by atoms with Gasteiger partial charge in [0.2, 0.25) is 5.91 Å². The quantitative estimate of drug-likeness (QED) is 0.922. The Balaban J connectivity index is 1.71. The molecule has 0 saturated heterocycles. The smallest absolute Gasteiger partial charge is 0.291 e. The van der Waals surface area contributed by atoms with Crippen LogP contribution in [-0.2, 0) is 11.3 Å². The highest BCUT2D eigenvalue weighted by Crippen LogP contribution is 2.23. The molecule has 3 rings (SSSR count). The molecule has 0 unspecified atom stereocenters. The summed E-state index contributed by atoms with van der Waals surface area (Å²) < 4.78 is 2.87. The number of hydrogen-bond donors (Lipinski definition) is 1. The second-order valence-electron chi connectivity index (χ2n) is 5.83. The molecule has 112 valence electrons. The number of nitrogens with zero attached hydrogens (tertiary/aromatic N) is 3. The number of carbonyl (C=O) groups is 1. The summed E-state index contributed by atoms with van der Waals surface area (Å²) in [4.78, 5) is 24.3. The van der Waals surface area contributed by atoms with Gasteiger partial charge in [-0.25, -0.2) is 4.68 Å². The van der Waals surface area contributed by atoms with Gasteiger partial charge in [-0.05, 0) is 30.9 Å². The zero-order valence-corrected chi connectivity index (χ0v) is 12.2. The number of fused-ring (bicyclic) bond motifs is 1. The Morgan fingerprint density at radius 2 is 2.24 bits per heavy atom. The summed E-state index contributed by atoms with van der Waals surface area (Å²) >= 11 is 0. The summed E-state index contributed by atoms with van der Waals surface area (Å²) in [5.74, 6) is 0.361. The van der Waals surface area contributed by atoms with Crippen LogP contribution < -0.4 is 10.9 Å². The Labute approximate surface area is 122 Å². The lowest BCUT2D eigenvalue weighted by Crippen LogP contribution is -2.43. The van der Waals surface area contributed by atoms with Gasteiger partial charge in [-0.3, -0.25) is 9.59 Å². The van der Waals surface area contributed by atoms with Crippen LogP contribution in [0.15, 0.2) is 29.5 Å². The molecule has 6 nitrogen and oxygen atoms in total. The first-order chi connectivity index (χ1) is 10.1. The molecular formula is C15H20N4O2. The Hall–Kier alpha value is -2.11. The Kier molecular flexibility index (Phi) is 3.77. The molecule has 0 aliphatic heterocycles. The Morgan fingerprint density at radius 1 is 1.43 bits per heavy atom. The molecule has 2 aromatic heterocycles. The SMILES string of the molecule is C[C@H]1CCCC[C@@H]1NC(=O)Cn1ncn2cccc2c1=O. The third-order valence-electron chi connectivity index (χ3n) is 4.30. The molecule has 2 aromatic rings. The molecule has 1 fully saturated rings. The van der Waals surface area contributed by atoms with Crippen molar-refractivity contribution < 1.29 is 4.79 Å². The van der Waals surface area contributed by atoms with Crippen molar-refractivity contribution in [3.63, 3.8) is 0 Å². The first-order valence-corrected chi connectivity index (χ1v) is 7.47. The number of amides is 1. The van der Waals surface area contributed by atoms with Crippen molar-refractivity contribution in [3.8, 4) is 0 Å². The molecule has 0 bridgehead atoms. The van der Waals surface area contributed by atoms with Crippen LogP contribution in [-0.4, -0.2) is 26.1 Å². The average Bonchev–Trinajstić information content (AvgIpc) is 2.94. The van der Waals surface area contributed by atoms with Crippen LogP contribution in [0.25, 0.3) is 5.52 Å². The molecule has 2 atom stereocenters. The Bertz CT molecular complexity index is 703. The monoisotopic (exact) mass is 288 g/mol. The first kappa shape index (κ1) is 13.9. The first-order valence-electron chi connectivity index (χ1n) is 7.47. The molecule has 6 heteroatoms. The number of nitrogens with one attached hydrogen (secondary N) is 1. The maximum absolute atomic E-state index is 12.2. The van der Waals surface area contributed by atoms with Crippen molar-refractivity contribution >= 4 is 11.4 Å². The minimum absolute atomic E-state index is 0.0241. The normalized spacial score (nSPS) is 22.3. The van der Waals surface area contributed by atoms with Crippen LogP contribution in [0.1, 0.15) is 32.6 Å². The van der Waals surface area contributed by atoms with Crippen LogP contribution in [0.4, 0.5) is 0 Å². The number of aromatic nitrogens is 3. The lowest BCUT2D eigenvalue weighted by atomic mass is 9.86. The van der Waals surface area contributed by atoms with E-state index >= 15 is 0 Å². The number of rotatable bonds is 3. The molecule has 0 radical (unpaired) electrons. The van der Waals surface area contributed by atoms with Crippen LogP contribution >= 0.6 is 0 Å². The van der Waals surface area contributed by atoms with Gasteiger partial charge in [-0.2, -0.15) is 5.10 Å². The third kappa shape index (κ3) is 2.84. The van der Waals surface area contributed by atoms with Crippen molar-refractivity contribution in [2.45, 2.75) is 45.2 Å². The van der Waals surface area contributed by atoms with E-state index in [1.807, 2.05) is 0 Å². The van der Waals surface area contributed by atoms with Crippen molar-refractivity contribution in [2.24, 2.45) is 5.92 Å². The lowest BCUT2D eigenvalue weighted by molar-refractivity contribution is -0.123. The molecule has 2 heterocycles. The average molecular weight is 288 g/mol. The lowest BCUT2D eigenvalue weighted by Gasteiger charge is -2.29. The zero-order valence-electron chi connectivity index (χ0n) is 12.2. The molecule has 0 spiro atoms. The van der Waals surface area contributed by atoms with Gasteiger partial charge in [-0.15, -0.1) is 0 Å². The van der Waals surface area contributed by atoms with Crippen molar-refractivity contribution in [1.29, 1.82) is 0 Å². The summed E-state index contributed by atoms with van der Waals surface area (Å²) in [5, 5.41) is 7.08. The molecular weight excluding hydrogens is 268 g/mol. The highest BCUT2D eigenvalue weighted by molar-refractivity contribution is 5.76. The second kappa shape index (κ2) is 5.71. The standard InChI is InChI=1S/C15H20N4O2/c1-11-5-2-3-6-12(11)17-14(20)9-19-15(21)13-7-4-8-18(13)10-16-19/h4,7-8,10-12H,2-3,5-6,9H2,1H3,(H,17,20)/t11-,12-/m0/s1. The summed E-state index contributed by atoms with van der Waals surface area (Å²) in [5.41, 5.74) is 0.290. The van der Waals surface area contributed by atoms with E-state index in [0.29, 0.717) is 11.4 Å². The van der Waals surface area contributed by atoms with E-state index < -0.39 is 0 Å². The topological polar surface area (TPSA) is 68.4 Å². The van der Waals surface area contributed by atoms with Gasteiger partial charge >= 0.3 is 0 Å². The van der Waals surface area contributed by atoms with Gasteiger partial charge < -0.3 is 9.72 Å². The maximum atomic E-state index is 12.2. The number of carbonyl (C=O) groups excluding carboxylic acids is 1. The molecule has 1 saturated carbocycles. The van der Waals surface area contributed by atoms with Gasteiger partial charge in [0, 0.05) is 12.2 Å². The molecule has 1 amide bonds. The fourth-order valence-corrected chi connectivity index (χ4v) is 3.01.